The standard InChI is InChI=1S/C17H19N3O2/c1-3-16(10-9-15-7-5-4-6-8-15)22-14-20-12-11-19(2)17(20)13-18-21/h4-8,11-13,16H,3,14H2,1-2H3/p+1. The van der Waals surface area contributed by atoms with E-state index >= 15 is 0 Å². The van der Waals surface area contributed by atoms with Gasteiger partial charge in [0.15, 0.2) is 12.9 Å². The van der Waals surface area contributed by atoms with Crippen molar-refractivity contribution in [1.82, 2.24) is 4.57 Å². The molecule has 0 spiro atoms. The van der Waals surface area contributed by atoms with E-state index in [-0.39, 0.29) is 6.10 Å². The molecule has 1 aromatic carbocycles. The fourth-order valence-corrected chi connectivity index (χ4v) is 1.98. The minimum atomic E-state index is -0.146. The van der Waals surface area contributed by atoms with Gasteiger partial charge in [-0.3, -0.25) is 0 Å². The van der Waals surface area contributed by atoms with Crippen molar-refractivity contribution >= 4 is 6.21 Å². The van der Waals surface area contributed by atoms with Gasteiger partial charge >= 0.3 is 5.82 Å². The van der Waals surface area contributed by atoms with Crippen LogP contribution in [-0.4, -0.2) is 22.1 Å². The lowest BCUT2D eigenvalue weighted by atomic mass is 10.2. The second kappa shape index (κ2) is 8.01. The van der Waals surface area contributed by atoms with Crippen molar-refractivity contribution in [2.45, 2.75) is 26.2 Å². The Kier molecular flexibility index (Phi) is 5.75. The number of benzene rings is 1. The summed E-state index contributed by atoms with van der Waals surface area (Å²) < 4.78 is 9.53. The van der Waals surface area contributed by atoms with Crippen LogP contribution in [0.25, 0.3) is 0 Å². The van der Waals surface area contributed by atoms with Crippen molar-refractivity contribution in [3.05, 3.63) is 54.1 Å². The number of rotatable bonds is 5. The third-order valence-corrected chi connectivity index (χ3v) is 3.24. The molecule has 0 bridgehead atoms. The number of hydrogen-bond donors (Lipinski definition) is 1. The first-order valence-electron chi connectivity index (χ1n) is 7.15. The predicted octanol–water partition coefficient (Wildman–Crippen LogP) is 1.93. The van der Waals surface area contributed by atoms with Crippen LogP contribution in [0.5, 0.6) is 0 Å². The molecule has 0 fully saturated rings. The highest BCUT2D eigenvalue weighted by Crippen LogP contribution is 2.02. The molecule has 2 aromatic rings. The molecule has 1 N–H and O–H groups in total. The van der Waals surface area contributed by atoms with Crippen molar-refractivity contribution in [3.63, 3.8) is 0 Å². The average Bonchev–Trinajstić information content (AvgIpc) is 2.90. The number of nitrogens with zero attached hydrogens (tertiary/aromatic N) is 3. The van der Waals surface area contributed by atoms with E-state index in [4.69, 9.17) is 9.94 Å². The number of hydrogen-bond acceptors (Lipinski definition) is 3. The molecule has 0 amide bonds. The lowest BCUT2D eigenvalue weighted by molar-refractivity contribution is -0.672. The maximum atomic E-state index is 8.70. The van der Waals surface area contributed by atoms with Crippen LogP contribution in [0.4, 0.5) is 0 Å². The van der Waals surface area contributed by atoms with Gasteiger partial charge in [-0.25, -0.2) is 9.13 Å². The zero-order valence-electron chi connectivity index (χ0n) is 12.8. The molecule has 22 heavy (non-hydrogen) atoms. The summed E-state index contributed by atoms with van der Waals surface area (Å²) in [5.41, 5.74) is 0.977. The zero-order valence-corrected chi connectivity index (χ0v) is 12.8. The van der Waals surface area contributed by atoms with Gasteiger partial charge in [0.1, 0.15) is 18.5 Å². The summed E-state index contributed by atoms with van der Waals surface area (Å²) in [6.07, 6.45) is 5.77. The summed E-state index contributed by atoms with van der Waals surface area (Å²) in [6, 6.07) is 9.84. The molecule has 114 valence electrons. The fraction of sp³-hybridized carbons (Fsp3) is 0.294. The van der Waals surface area contributed by atoms with E-state index in [1.54, 1.807) is 0 Å². The zero-order chi connectivity index (χ0) is 15.8. The topological polar surface area (TPSA) is 50.6 Å². The minimum Gasteiger partial charge on any atom is -0.411 e. The summed E-state index contributed by atoms with van der Waals surface area (Å²) in [4.78, 5) is 0. The first-order valence-corrected chi connectivity index (χ1v) is 7.15. The molecule has 1 aromatic heterocycles. The van der Waals surface area contributed by atoms with E-state index in [2.05, 4.69) is 17.0 Å². The van der Waals surface area contributed by atoms with Crippen molar-refractivity contribution in [2.75, 3.05) is 0 Å². The van der Waals surface area contributed by atoms with Gasteiger partial charge in [0.05, 0.1) is 7.05 Å². The summed E-state index contributed by atoms with van der Waals surface area (Å²) in [7, 11) is 1.88. The Labute approximate surface area is 130 Å². The fourth-order valence-electron chi connectivity index (χ4n) is 1.98. The first kappa shape index (κ1) is 15.8. The highest BCUT2D eigenvalue weighted by atomic mass is 16.5. The van der Waals surface area contributed by atoms with E-state index < -0.39 is 0 Å². The van der Waals surface area contributed by atoms with Gasteiger partial charge in [0, 0.05) is 5.56 Å². The Hall–Kier alpha value is -2.58. The number of imidazole rings is 1. The van der Waals surface area contributed by atoms with Crippen LogP contribution in [0.15, 0.2) is 47.9 Å². The van der Waals surface area contributed by atoms with Crippen molar-refractivity contribution in [3.8, 4) is 11.8 Å². The van der Waals surface area contributed by atoms with E-state index in [9.17, 15) is 0 Å². The smallest absolute Gasteiger partial charge is 0.305 e. The molecule has 1 atom stereocenters. The van der Waals surface area contributed by atoms with Crippen LogP contribution in [0.3, 0.4) is 0 Å². The third kappa shape index (κ3) is 4.21. The monoisotopic (exact) mass is 298 g/mol. The number of aryl methyl sites for hydroxylation is 1. The summed E-state index contributed by atoms with van der Waals surface area (Å²) >= 11 is 0. The Morgan fingerprint density at radius 2 is 2.18 bits per heavy atom. The summed E-state index contributed by atoms with van der Waals surface area (Å²) in [5.74, 6) is 7.00. The van der Waals surface area contributed by atoms with E-state index in [1.165, 1.54) is 6.21 Å². The molecule has 0 aliphatic rings. The Morgan fingerprint density at radius 3 is 2.86 bits per heavy atom. The van der Waals surface area contributed by atoms with Crippen LogP contribution in [-0.2, 0) is 18.5 Å². The van der Waals surface area contributed by atoms with Crippen molar-refractivity contribution in [1.29, 1.82) is 0 Å². The van der Waals surface area contributed by atoms with Gasteiger partial charge in [-0.1, -0.05) is 42.1 Å². The second-order valence-electron chi connectivity index (χ2n) is 4.81. The maximum absolute atomic E-state index is 8.70. The van der Waals surface area contributed by atoms with Crippen LogP contribution in [0.1, 0.15) is 24.7 Å². The molecule has 0 aliphatic heterocycles. The highest BCUT2D eigenvalue weighted by Gasteiger charge is 2.13. The lowest BCUT2D eigenvalue weighted by Crippen LogP contribution is -2.32. The molecular formula is C17H20N3O2+. The number of oxime groups is 1. The van der Waals surface area contributed by atoms with E-state index in [0.717, 1.165) is 17.8 Å². The molecule has 5 nitrogen and oxygen atoms in total. The molecule has 0 saturated carbocycles. The van der Waals surface area contributed by atoms with Gasteiger partial charge in [-0.15, -0.1) is 0 Å². The quantitative estimate of drug-likeness (QED) is 0.301. The molecule has 0 radical (unpaired) electrons. The normalized spacial score (nSPS) is 12.1. The van der Waals surface area contributed by atoms with Gasteiger partial charge in [0.25, 0.3) is 0 Å². The largest absolute Gasteiger partial charge is 0.411 e. The summed E-state index contributed by atoms with van der Waals surface area (Å²) in [5, 5.41) is 11.8. The number of ether oxygens (including phenoxy) is 1. The maximum Gasteiger partial charge on any atom is 0.305 e. The molecular weight excluding hydrogens is 278 g/mol. The average molecular weight is 298 g/mol. The predicted molar refractivity (Wildman–Crippen MR) is 83.5 cm³/mol. The van der Waals surface area contributed by atoms with Crippen molar-refractivity contribution in [2.24, 2.45) is 12.2 Å². The Balaban J connectivity index is 2.02. The van der Waals surface area contributed by atoms with Gasteiger partial charge in [-0.05, 0) is 18.6 Å². The van der Waals surface area contributed by atoms with Crippen LogP contribution >= 0.6 is 0 Å². The first-order chi connectivity index (χ1) is 10.7. The Bertz CT molecular complexity index is 681. The SMILES string of the molecule is CCC(C#Cc1ccccc1)OCn1cc[n+](C)c1/C=N\O. The van der Waals surface area contributed by atoms with E-state index in [0.29, 0.717) is 6.73 Å². The van der Waals surface area contributed by atoms with E-state index in [1.807, 2.05) is 65.8 Å². The molecule has 0 aliphatic carbocycles. The Morgan fingerprint density at radius 1 is 1.41 bits per heavy atom. The number of aromatic nitrogens is 2. The summed E-state index contributed by atoms with van der Waals surface area (Å²) in [6.45, 7) is 2.39. The van der Waals surface area contributed by atoms with Gasteiger partial charge in [0.2, 0.25) is 0 Å². The second-order valence-corrected chi connectivity index (χ2v) is 4.81. The third-order valence-electron chi connectivity index (χ3n) is 3.24. The lowest BCUT2D eigenvalue weighted by Gasteiger charge is -2.08. The minimum absolute atomic E-state index is 0.146. The van der Waals surface area contributed by atoms with Gasteiger partial charge in [-0.2, -0.15) is 0 Å². The molecule has 5 heteroatoms. The van der Waals surface area contributed by atoms with Gasteiger partial charge < -0.3 is 9.94 Å². The van der Waals surface area contributed by atoms with Crippen LogP contribution < -0.4 is 4.57 Å². The van der Waals surface area contributed by atoms with Crippen molar-refractivity contribution < 1.29 is 14.5 Å². The molecule has 1 unspecified atom stereocenters. The molecule has 2 rings (SSSR count). The van der Waals surface area contributed by atoms with Crippen LogP contribution in [0, 0.1) is 11.8 Å². The molecule has 1 heterocycles. The van der Waals surface area contributed by atoms with Crippen LogP contribution in [0.2, 0.25) is 0 Å². The highest BCUT2D eigenvalue weighted by molar-refractivity contribution is 5.72. The molecule has 0 saturated heterocycles.